The molecule has 1 unspecified atom stereocenters. The van der Waals surface area contributed by atoms with E-state index in [0.29, 0.717) is 0 Å². The Labute approximate surface area is 97.3 Å². The molecule has 16 heavy (non-hydrogen) atoms. The Morgan fingerprint density at radius 3 is 2.38 bits per heavy atom. The Hall–Kier alpha value is -1.38. The van der Waals surface area contributed by atoms with Crippen LogP contribution in [-0.4, -0.2) is 10.9 Å². The number of carbonyl (C=O) groups is 1. The zero-order valence-electron chi connectivity index (χ0n) is 10.4. The molecule has 0 saturated carbocycles. The fourth-order valence-corrected chi connectivity index (χ4v) is 1.39. The number of hydrogen-bond acceptors (Lipinski definition) is 2. The van der Waals surface area contributed by atoms with Gasteiger partial charge in [0.2, 0.25) is 5.91 Å². The largest absolute Gasteiger partial charge is 0.349 e. The highest BCUT2D eigenvalue weighted by atomic mass is 16.2. The maximum absolute atomic E-state index is 11.9. The standard InChI is InChI=1S/C13H20N2O/c1-5-11(10-6-8-14-9-7-10)15-12(16)13(2,3)4/h6-9,11H,5H2,1-4H3,(H,15,16). The number of aromatic nitrogens is 1. The molecule has 0 spiro atoms. The molecule has 1 atom stereocenters. The van der Waals surface area contributed by atoms with E-state index >= 15 is 0 Å². The summed E-state index contributed by atoms with van der Waals surface area (Å²) in [6.45, 7) is 7.82. The summed E-state index contributed by atoms with van der Waals surface area (Å²) in [7, 11) is 0. The van der Waals surface area contributed by atoms with Crippen LogP contribution in [0.15, 0.2) is 24.5 Å². The minimum Gasteiger partial charge on any atom is -0.349 e. The topological polar surface area (TPSA) is 42.0 Å². The van der Waals surface area contributed by atoms with Crippen molar-refractivity contribution in [3.05, 3.63) is 30.1 Å². The molecule has 3 nitrogen and oxygen atoms in total. The second kappa shape index (κ2) is 5.10. The first-order valence-corrected chi connectivity index (χ1v) is 5.66. The summed E-state index contributed by atoms with van der Waals surface area (Å²) in [4.78, 5) is 15.9. The SMILES string of the molecule is CCC(NC(=O)C(C)(C)C)c1ccncc1. The van der Waals surface area contributed by atoms with Crippen LogP contribution in [0.25, 0.3) is 0 Å². The van der Waals surface area contributed by atoms with Crippen molar-refractivity contribution in [1.29, 1.82) is 0 Å². The van der Waals surface area contributed by atoms with E-state index in [2.05, 4.69) is 17.2 Å². The van der Waals surface area contributed by atoms with Gasteiger partial charge < -0.3 is 5.32 Å². The molecule has 0 fully saturated rings. The van der Waals surface area contributed by atoms with E-state index in [4.69, 9.17) is 0 Å². The van der Waals surface area contributed by atoms with Crippen LogP contribution in [0.3, 0.4) is 0 Å². The highest BCUT2D eigenvalue weighted by Gasteiger charge is 2.23. The molecule has 0 aliphatic rings. The minimum absolute atomic E-state index is 0.0784. The van der Waals surface area contributed by atoms with E-state index in [1.807, 2.05) is 32.9 Å². The quantitative estimate of drug-likeness (QED) is 0.851. The molecule has 1 heterocycles. The van der Waals surface area contributed by atoms with E-state index in [0.717, 1.165) is 12.0 Å². The molecule has 0 radical (unpaired) electrons. The number of hydrogen-bond donors (Lipinski definition) is 1. The van der Waals surface area contributed by atoms with Gasteiger partial charge in [-0.15, -0.1) is 0 Å². The van der Waals surface area contributed by atoms with Crippen LogP contribution in [0, 0.1) is 5.41 Å². The van der Waals surface area contributed by atoms with Crippen LogP contribution in [0.4, 0.5) is 0 Å². The van der Waals surface area contributed by atoms with Gasteiger partial charge in [0.25, 0.3) is 0 Å². The molecular formula is C13H20N2O. The normalized spacial score (nSPS) is 13.2. The van der Waals surface area contributed by atoms with Crippen LogP contribution < -0.4 is 5.32 Å². The van der Waals surface area contributed by atoms with Gasteiger partial charge in [0.1, 0.15) is 0 Å². The lowest BCUT2D eigenvalue weighted by Gasteiger charge is -2.23. The zero-order valence-corrected chi connectivity index (χ0v) is 10.4. The lowest BCUT2D eigenvalue weighted by atomic mass is 9.94. The fraction of sp³-hybridized carbons (Fsp3) is 0.538. The maximum atomic E-state index is 11.9. The van der Waals surface area contributed by atoms with Gasteiger partial charge >= 0.3 is 0 Å². The molecule has 88 valence electrons. The van der Waals surface area contributed by atoms with Crippen molar-refractivity contribution in [3.63, 3.8) is 0 Å². The number of pyridine rings is 1. The van der Waals surface area contributed by atoms with Crippen molar-refractivity contribution in [2.24, 2.45) is 5.41 Å². The molecule has 1 rings (SSSR count). The van der Waals surface area contributed by atoms with Gasteiger partial charge in [-0.2, -0.15) is 0 Å². The predicted molar refractivity (Wildman–Crippen MR) is 64.9 cm³/mol. The third-order valence-corrected chi connectivity index (χ3v) is 2.50. The van der Waals surface area contributed by atoms with Crippen molar-refractivity contribution in [1.82, 2.24) is 10.3 Å². The molecule has 1 N–H and O–H groups in total. The molecular weight excluding hydrogens is 200 g/mol. The monoisotopic (exact) mass is 220 g/mol. The Balaban J connectivity index is 2.75. The Morgan fingerprint density at radius 2 is 1.94 bits per heavy atom. The van der Waals surface area contributed by atoms with E-state index < -0.39 is 0 Å². The third-order valence-electron chi connectivity index (χ3n) is 2.50. The highest BCUT2D eigenvalue weighted by molar-refractivity contribution is 5.81. The third kappa shape index (κ3) is 3.33. The van der Waals surface area contributed by atoms with Gasteiger partial charge in [-0.3, -0.25) is 9.78 Å². The smallest absolute Gasteiger partial charge is 0.225 e. The zero-order chi connectivity index (χ0) is 12.2. The lowest BCUT2D eigenvalue weighted by Crippen LogP contribution is -2.37. The summed E-state index contributed by atoms with van der Waals surface area (Å²) >= 11 is 0. The molecule has 0 saturated heterocycles. The fourth-order valence-electron chi connectivity index (χ4n) is 1.39. The molecule has 0 aliphatic carbocycles. The first-order chi connectivity index (χ1) is 7.45. The first-order valence-electron chi connectivity index (χ1n) is 5.66. The Kier molecular flexibility index (Phi) is 4.05. The van der Waals surface area contributed by atoms with Crippen LogP contribution in [0.5, 0.6) is 0 Å². The van der Waals surface area contributed by atoms with Gasteiger partial charge in [0, 0.05) is 17.8 Å². The maximum Gasteiger partial charge on any atom is 0.225 e. The number of nitrogens with zero attached hydrogens (tertiary/aromatic N) is 1. The molecule has 1 amide bonds. The summed E-state index contributed by atoms with van der Waals surface area (Å²) in [6, 6.07) is 3.96. The van der Waals surface area contributed by atoms with Gasteiger partial charge in [0.15, 0.2) is 0 Å². The van der Waals surface area contributed by atoms with Gasteiger partial charge in [-0.1, -0.05) is 27.7 Å². The summed E-state index contributed by atoms with van der Waals surface area (Å²) < 4.78 is 0. The lowest BCUT2D eigenvalue weighted by molar-refractivity contribution is -0.129. The molecule has 0 aliphatic heterocycles. The van der Waals surface area contributed by atoms with Crippen LogP contribution in [-0.2, 0) is 4.79 Å². The first kappa shape index (κ1) is 12.7. The van der Waals surface area contributed by atoms with E-state index in [1.54, 1.807) is 12.4 Å². The summed E-state index contributed by atoms with van der Waals surface area (Å²) in [5, 5.41) is 3.06. The Bertz CT molecular complexity index is 341. The van der Waals surface area contributed by atoms with Gasteiger partial charge in [0.05, 0.1) is 6.04 Å². The molecule has 0 bridgehead atoms. The van der Waals surface area contributed by atoms with Crippen LogP contribution in [0.2, 0.25) is 0 Å². The predicted octanol–water partition coefficient (Wildman–Crippen LogP) is 2.70. The Morgan fingerprint density at radius 1 is 1.38 bits per heavy atom. The van der Waals surface area contributed by atoms with Crippen molar-refractivity contribution < 1.29 is 4.79 Å². The molecule has 1 aromatic rings. The van der Waals surface area contributed by atoms with Gasteiger partial charge in [-0.05, 0) is 24.1 Å². The summed E-state index contributed by atoms with van der Waals surface area (Å²) in [5.41, 5.74) is 0.760. The van der Waals surface area contributed by atoms with Crippen molar-refractivity contribution in [3.8, 4) is 0 Å². The number of carbonyl (C=O) groups excluding carboxylic acids is 1. The molecule has 0 aromatic carbocycles. The molecule has 3 heteroatoms. The van der Waals surface area contributed by atoms with Crippen LogP contribution >= 0.6 is 0 Å². The minimum atomic E-state index is -0.347. The average molecular weight is 220 g/mol. The second-order valence-corrected chi connectivity index (χ2v) is 4.96. The van der Waals surface area contributed by atoms with Crippen molar-refractivity contribution in [2.75, 3.05) is 0 Å². The highest BCUT2D eigenvalue weighted by Crippen LogP contribution is 2.19. The summed E-state index contributed by atoms with van der Waals surface area (Å²) in [6.07, 6.45) is 4.38. The van der Waals surface area contributed by atoms with Crippen molar-refractivity contribution in [2.45, 2.75) is 40.2 Å². The summed E-state index contributed by atoms with van der Waals surface area (Å²) in [5.74, 6) is 0.0798. The number of rotatable bonds is 3. The van der Waals surface area contributed by atoms with E-state index in [1.165, 1.54) is 0 Å². The number of nitrogens with one attached hydrogen (secondary N) is 1. The molecule has 1 aromatic heterocycles. The van der Waals surface area contributed by atoms with E-state index in [9.17, 15) is 4.79 Å². The van der Waals surface area contributed by atoms with Crippen molar-refractivity contribution >= 4 is 5.91 Å². The van der Waals surface area contributed by atoms with Gasteiger partial charge in [-0.25, -0.2) is 0 Å². The van der Waals surface area contributed by atoms with Crippen LogP contribution in [0.1, 0.15) is 45.7 Å². The average Bonchev–Trinajstić information content (AvgIpc) is 2.25. The number of amides is 1. The second-order valence-electron chi connectivity index (χ2n) is 4.96. The van der Waals surface area contributed by atoms with E-state index in [-0.39, 0.29) is 17.4 Å².